The number of hydrogen-bond acceptors (Lipinski definition) is 4. The largest absolute Gasteiger partial charge is 0.350 e. The highest BCUT2D eigenvalue weighted by atomic mass is 32.1. The van der Waals surface area contributed by atoms with E-state index in [4.69, 9.17) is 0 Å². The first-order valence-corrected chi connectivity index (χ1v) is 8.38. The Morgan fingerprint density at radius 1 is 1.40 bits per heavy atom. The molecule has 20 heavy (non-hydrogen) atoms. The number of thiazole rings is 1. The second-order valence-corrected chi connectivity index (χ2v) is 6.82. The first kappa shape index (κ1) is 15.4. The minimum Gasteiger partial charge on any atom is -0.350 e. The van der Waals surface area contributed by atoms with Crippen LogP contribution in [0.5, 0.6) is 0 Å². The van der Waals surface area contributed by atoms with Gasteiger partial charge in [-0.05, 0) is 26.3 Å². The first-order valence-electron chi connectivity index (χ1n) is 7.56. The van der Waals surface area contributed by atoms with E-state index in [1.165, 1.54) is 24.1 Å². The van der Waals surface area contributed by atoms with Gasteiger partial charge in [0, 0.05) is 23.0 Å². The zero-order valence-corrected chi connectivity index (χ0v) is 13.3. The fourth-order valence-corrected chi connectivity index (χ4v) is 3.68. The summed E-state index contributed by atoms with van der Waals surface area (Å²) in [6.07, 6.45) is 9.44. The first-order chi connectivity index (χ1) is 9.67. The molecule has 1 amide bonds. The summed E-state index contributed by atoms with van der Waals surface area (Å²) < 4.78 is 0. The highest BCUT2D eigenvalue weighted by molar-refractivity contribution is 7.11. The van der Waals surface area contributed by atoms with Crippen molar-refractivity contribution in [3.05, 3.63) is 16.1 Å². The summed E-state index contributed by atoms with van der Waals surface area (Å²) in [5.41, 5.74) is 0.0137. The second kappa shape index (κ2) is 7.18. The predicted octanol–water partition coefficient (Wildman–Crippen LogP) is 2.63. The van der Waals surface area contributed by atoms with Crippen LogP contribution >= 0.6 is 11.3 Å². The van der Waals surface area contributed by atoms with Crippen molar-refractivity contribution in [2.45, 2.75) is 64.0 Å². The third-order valence-electron chi connectivity index (χ3n) is 4.23. The van der Waals surface area contributed by atoms with Crippen LogP contribution in [-0.4, -0.2) is 23.5 Å². The van der Waals surface area contributed by atoms with E-state index in [9.17, 15) is 4.79 Å². The van der Waals surface area contributed by atoms with Crippen LogP contribution in [0.2, 0.25) is 0 Å². The van der Waals surface area contributed by atoms with Gasteiger partial charge in [-0.15, -0.1) is 11.3 Å². The number of amides is 1. The Hall–Kier alpha value is -0.940. The molecule has 0 saturated heterocycles. The topological polar surface area (TPSA) is 54.0 Å². The summed E-state index contributed by atoms with van der Waals surface area (Å²) in [7, 11) is 1.98. The molecule has 112 valence electrons. The highest BCUT2D eigenvalue weighted by Gasteiger charge is 2.32. The lowest BCUT2D eigenvalue weighted by molar-refractivity contribution is -0.123. The molecule has 1 aromatic heterocycles. The third-order valence-corrected chi connectivity index (χ3v) is 5.37. The standard InChI is InChI=1S/C15H25N3OS/c1-3-12-10-18-14(20-12)11-17-13(19)9-15(16-2)7-5-4-6-8-15/h10,16H,3-9,11H2,1-2H3,(H,17,19). The van der Waals surface area contributed by atoms with E-state index < -0.39 is 0 Å². The molecule has 1 aliphatic carbocycles. The van der Waals surface area contributed by atoms with Crippen LogP contribution in [-0.2, 0) is 17.8 Å². The third kappa shape index (κ3) is 4.03. The van der Waals surface area contributed by atoms with Crippen LogP contribution < -0.4 is 10.6 Å². The lowest BCUT2D eigenvalue weighted by Gasteiger charge is -2.36. The van der Waals surface area contributed by atoms with E-state index >= 15 is 0 Å². The lowest BCUT2D eigenvalue weighted by Crippen LogP contribution is -2.48. The average molecular weight is 295 g/mol. The van der Waals surface area contributed by atoms with Gasteiger partial charge < -0.3 is 10.6 Å². The number of rotatable bonds is 6. The van der Waals surface area contributed by atoms with E-state index in [0.29, 0.717) is 13.0 Å². The molecule has 0 spiro atoms. The molecule has 2 rings (SSSR count). The van der Waals surface area contributed by atoms with Crippen molar-refractivity contribution in [2.75, 3.05) is 7.05 Å². The van der Waals surface area contributed by atoms with Crippen LogP contribution in [0.3, 0.4) is 0 Å². The molecule has 2 N–H and O–H groups in total. The van der Waals surface area contributed by atoms with Gasteiger partial charge in [0.05, 0.1) is 6.54 Å². The Bertz CT molecular complexity index is 438. The van der Waals surface area contributed by atoms with Crippen molar-refractivity contribution < 1.29 is 4.79 Å². The molecule has 0 aromatic carbocycles. The molecule has 1 fully saturated rings. The lowest BCUT2D eigenvalue weighted by atomic mass is 9.79. The molecule has 0 bridgehead atoms. The Labute approximate surface area is 125 Å². The number of nitrogens with one attached hydrogen (secondary N) is 2. The molecule has 1 aromatic rings. The summed E-state index contributed by atoms with van der Waals surface area (Å²) in [4.78, 5) is 17.8. The summed E-state index contributed by atoms with van der Waals surface area (Å²) in [5, 5.41) is 7.40. The SMILES string of the molecule is CCc1cnc(CNC(=O)CC2(NC)CCCCC2)s1. The zero-order valence-electron chi connectivity index (χ0n) is 12.5. The van der Waals surface area contributed by atoms with Gasteiger partial charge in [-0.1, -0.05) is 26.2 Å². The van der Waals surface area contributed by atoms with Crippen LogP contribution in [0.25, 0.3) is 0 Å². The van der Waals surface area contributed by atoms with Crippen molar-refractivity contribution in [2.24, 2.45) is 0 Å². The van der Waals surface area contributed by atoms with Crippen LogP contribution in [0, 0.1) is 0 Å². The van der Waals surface area contributed by atoms with Gasteiger partial charge >= 0.3 is 0 Å². The van der Waals surface area contributed by atoms with Crippen molar-refractivity contribution in [1.82, 2.24) is 15.6 Å². The summed E-state index contributed by atoms with van der Waals surface area (Å²) in [6.45, 7) is 2.68. The maximum absolute atomic E-state index is 12.2. The number of hydrogen-bond donors (Lipinski definition) is 2. The fourth-order valence-electron chi connectivity index (χ4n) is 2.88. The molecular weight excluding hydrogens is 270 g/mol. The maximum atomic E-state index is 12.2. The molecule has 1 heterocycles. The van der Waals surface area contributed by atoms with E-state index in [-0.39, 0.29) is 11.4 Å². The molecule has 5 heteroatoms. The van der Waals surface area contributed by atoms with Gasteiger partial charge in [0.15, 0.2) is 0 Å². The molecule has 0 unspecified atom stereocenters. The van der Waals surface area contributed by atoms with Gasteiger partial charge in [-0.25, -0.2) is 4.98 Å². The molecule has 1 saturated carbocycles. The monoisotopic (exact) mass is 295 g/mol. The van der Waals surface area contributed by atoms with Gasteiger partial charge in [0.25, 0.3) is 0 Å². The minimum absolute atomic E-state index is 0.0137. The van der Waals surface area contributed by atoms with Gasteiger partial charge in [-0.3, -0.25) is 4.79 Å². The number of carbonyl (C=O) groups is 1. The van der Waals surface area contributed by atoms with Crippen molar-refractivity contribution >= 4 is 17.2 Å². The number of carbonyl (C=O) groups excluding carboxylic acids is 1. The summed E-state index contributed by atoms with van der Waals surface area (Å²) in [5.74, 6) is 0.134. The Balaban J connectivity index is 1.82. The fraction of sp³-hybridized carbons (Fsp3) is 0.733. The van der Waals surface area contributed by atoms with Gasteiger partial charge in [0.1, 0.15) is 5.01 Å². The average Bonchev–Trinajstić information content (AvgIpc) is 2.94. The number of nitrogens with zero attached hydrogens (tertiary/aromatic N) is 1. The Kier molecular flexibility index (Phi) is 5.54. The zero-order chi connectivity index (χ0) is 14.4. The normalized spacial score (nSPS) is 17.9. The molecule has 4 nitrogen and oxygen atoms in total. The van der Waals surface area contributed by atoms with E-state index in [0.717, 1.165) is 24.3 Å². The number of aryl methyl sites for hydroxylation is 1. The smallest absolute Gasteiger partial charge is 0.222 e. The summed E-state index contributed by atoms with van der Waals surface area (Å²) >= 11 is 1.68. The Morgan fingerprint density at radius 2 is 2.15 bits per heavy atom. The van der Waals surface area contributed by atoms with Gasteiger partial charge in [-0.2, -0.15) is 0 Å². The highest BCUT2D eigenvalue weighted by Crippen LogP contribution is 2.30. The predicted molar refractivity (Wildman–Crippen MR) is 82.8 cm³/mol. The van der Waals surface area contributed by atoms with Crippen LogP contribution in [0.4, 0.5) is 0 Å². The van der Waals surface area contributed by atoms with Crippen molar-refractivity contribution in [3.63, 3.8) is 0 Å². The van der Waals surface area contributed by atoms with E-state index in [2.05, 4.69) is 22.5 Å². The molecular formula is C15H25N3OS. The quantitative estimate of drug-likeness (QED) is 0.848. The molecule has 1 aliphatic rings. The van der Waals surface area contributed by atoms with Crippen molar-refractivity contribution in [1.29, 1.82) is 0 Å². The molecule has 0 radical (unpaired) electrons. The minimum atomic E-state index is 0.0137. The van der Waals surface area contributed by atoms with Crippen LogP contribution in [0.15, 0.2) is 6.20 Å². The van der Waals surface area contributed by atoms with Crippen molar-refractivity contribution in [3.8, 4) is 0 Å². The van der Waals surface area contributed by atoms with Gasteiger partial charge in [0.2, 0.25) is 5.91 Å². The van der Waals surface area contributed by atoms with Crippen LogP contribution in [0.1, 0.15) is 55.3 Å². The second-order valence-electron chi connectivity index (χ2n) is 5.62. The molecule has 0 aliphatic heterocycles. The van der Waals surface area contributed by atoms with E-state index in [1.54, 1.807) is 11.3 Å². The molecule has 0 atom stereocenters. The number of aromatic nitrogens is 1. The maximum Gasteiger partial charge on any atom is 0.222 e. The van der Waals surface area contributed by atoms with E-state index in [1.807, 2.05) is 13.2 Å². The summed E-state index contributed by atoms with van der Waals surface area (Å²) in [6, 6.07) is 0. The Morgan fingerprint density at radius 3 is 2.75 bits per heavy atom.